The van der Waals surface area contributed by atoms with Gasteiger partial charge in [-0.05, 0) is 58.8 Å². The highest BCUT2D eigenvalue weighted by molar-refractivity contribution is 9.10. The van der Waals surface area contributed by atoms with Crippen LogP contribution in [0, 0.1) is 0 Å². The molecule has 0 atom stereocenters. The second-order valence-electron chi connectivity index (χ2n) is 3.94. The minimum atomic E-state index is 0.0886. The molecule has 0 aliphatic heterocycles. The number of aldehydes is 1. The normalized spacial score (nSPS) is 15.5. The number of hydrogen-bond acceptors (Lipinski definition) is 2. The van der Waals surface area contributed by atoms with E-state index in [-0.39, 0.29) is 5.75 Å². The topological polar surface area (TPSA) is 37.3 Å². The smallest absolute Gasteiger partial charge is 0.153 e. The molecule has 1 aromatic rings. The Labute approximate surface area is 97.4 Å². The highest BCUT2D eigenvalue weighted by Gasteiger charge is 2.16. The molecule has 0 aromatic heterocycles. The number of hydrogen-bond donors (Lipinski definition) is 1. The van der Waals surface area contributed by atoms with Gasteiger partial charge in [-0.3, -0.25) is 4.79 Å². The maximum absolute atomic E-state index is 10.8. The van der Waals surface area contributed by atoms with Crippen LogP contribution in [0.4, 0.5) is 0 Å². The highest BCUT2D eigenvalue weighted by atomic mass is 79.9. The van der Waals surface area contributed by atoms with Gasteiger partial charge in [-0.25, -0.2) is 0 Å². The summed E-state index contributed by atoms with van der Waals surface area (Å²) in [4.78, 5) is 10.8. The summed E-state index contributed by atoms with van der Waals surface area (Å²) in [6.07, 6.45) is 6.26. The third-order valence-corrected chi connectivity index (χ3v) is 3.82. The van der Waals surface area contributed by atoms with Crippen molar-refractivity contribution in [3.05, 3.63) is 27.2 Å². The lowest BCUT2D eigenvalue weighted by Crippen LogP contribution is -1.96. The van der Waals surface area contributed by atoms with Gasteiger partial charge < -0.3 is 5.11 Å². The standard InChI is InChI=1S/C12H13BrO2/c13-11-10-5-3-1-2-4-8(10)6-9(7-14)12(11)15/h6-7,15H,1-5H2. The van der Waals surface area contributed by atoms with Crippen LogP contribution in [0.2, 0.25) is 0 Å². The summed E-state index contributed by atoms with van der Waals surface area (Å²) in [5.41, 5.74) is 2.78. The molecule has 1 aliphatic carbocycles. The molecular formula is C12H13BrO2. The van der Waals surface area contributed by atoms with E-state index in [0.29, 0.717) is 16.3 Å². The van der Waals surface area contributed by atoms with E-state index in [2.05, 4.69) is 15.9 Å². The van der Waals surface area contributed by atoms with Crippen LogP contribution in [0.25, 0.3) is 0 Å². The molecule has 0 fully saturated rings. The van der Waals surface area contributed by atoms with Gasteiger partial charge in [-0.2, -0.15) is 0 Å². The molecule has 0 amide bonds. The van der Waals surface area contributed by atoms with E-state index >= 15 is 0 Å². The molecule has 80 valence electrons. The maximum atomic E-state index is 10.8. The number of carbonyl (C=O) groups is 1. The molecule has 0 spiro atoms. The molecule has 0 bridgehead atoms. The Morgan fingerprint density at radius 1 is 1.27 bits per heavy atom. The molecule has 0 radical (unpaired) electrons. The van der Waals surface area contributed by atoms with Crippen molar-refractivity contribution in [3.8, 4) is 5.75 Å². The molecule has 0 saturated heterocycles. The largest absolute Gasteiger partial charge is 0.506 e. The van der Waals surface area contributed by atoms with Crippen molar-refractivity contribution in [3.63, 3.8) is 0 Å². The molecule has 2 nitrogen and oxygen atoms in total. The molecule has 0 heterocycles. The molecule has 1 N–H and O–H groups in total. The molecule has 3 heteroatoms. The minimum absolute atomic E-state index is 0.0886. The Morgan fingerprint density at radius 3 is 2.73 bits per heavy atom. The first kappa shape index (κ1) is 10.7. The second kappa shape index (κ2) is 4.35. The summed E-state index contributed by atoms with van der Waals surface area (Å²) >= 11 is 3.38. The number of phenolic OH excluding ortho intramolecular Hbond substituents is 1. The van der Waals surface area contributed by atoms with E-state index in [4.69, 9.17) is 0 Å². The third-order valence-electron chi connectivity index (χ3n) is 2.96. The fourth-order valence-corrected chi connectivity index (χ4v) is 2.81. The van der Waals surface area contributed by atoms with Crippen molar-refractivity contribution >= 4 is 22.2 Å². The van der Waals surface area contributed by atoms with E-state index in [0.717, 1.165) is 19.3 Å². The quantitative estimate of drug-likeness (QED) is 0.627. The van der Waals surface area contributed by atoms with Gasteiger partial charge in [0.15, 0.2) is 6.29 Å². The van der Waals surface area contributed by atoms with E-state index in [9.17, 15) is 9.90 Å². The van der Waals surface area contributed by atoms with Gasteiger partial charge in [-0.1, -0.05) is 6.42 Å². The molecule has 2 rings (SSSR count). The van der Waals surface area contributed by atoms with E-state index in [1.807, 2.05) is 6.07 Å². The third kappa shape index (κ3) is 1.93. The number of fused-ring (bicyclic) bond motifs is 1. The number of benzene rings is 1. The van der Waals surface area contributed by atoms with Gasteiger partial charge in [0.05, 0.1) is 10.0 Å². The first-order valence-electron chi connectivity index (χ1n) is 5.22. The van der Waals surface area contributed by atoms with Crippen LogP contribution in [-0.4, -0.2) is 11.4 Å². The van der Waals surface area contributed by atoms with Crippen molar-refractivity contribution in [1.29, 1.82) is 0 Å². The Bertz CT molecular complexity index is 399. The average Bonchev–Trinajstić information content (AvgIpc) is 2.48. The number of aromatic hydroxyl groups is 1. The Morgan fingerprint density at radius 2 is 2.00 bits per heavy atom. The Kier molecular flexibility index (Phi) is 3.10. The summed E-state index contributed by atoms with van der Waals surface area (Å²) in [6.45, 7) is 0. The Hall–Kier alpha value is -0.830. The lowest BCUT2D eigenvalue weighted by atomic mass is 9.99. The number of phenols is 1. The van der Waals surface area contributed by atoms with Gasteiger partial charge >= 0.3 is 0 Å². The number of halogens is 1. The molecule has 1 aromatic carbocycles. The van der Waals surface area contributed by atoms with Gasteiger partial charge in [-0.15, -0.1) is 0 Å². The predicted octanol–water partition coefficient (Wildman–Crippen LogP) is 3.24. The fourth-order valence-electron chi connectivity index (χ4n) is 2.13. The summed E-state index contributed by atoms with van der Waals surface area (Å²) < 4.78 is 0.712. The van der Waals surface area contributed by atoms with Crippen LogP contribution < -0.4 is 0 Å². The lowest BCUT2D eigenvalue weighted by molar-refractivity contribution is 0.112. The monoisotopic (exact) mass is 268 g/mol. The van der Waals surface area contributed by atoms with Crippen molar-refractivity contribution in [2.75, 3.05) is 0 Å². The molecule has 0 saturated carbocycles. The van der Waals surface area contributed by atoms with Gasteiger partial charge in [0, 0.05) is 0 Å². The van der Waals surface area contributed by atoms with Crippen LogP contribution in [0.1, 0.15) is 40.7 Å². The van der Waals surface area contributed by atoms with Crippen molar-refractivity contribution in [1.82, 2.24) is 0 Å². The molecular weight excluding hydrogens is 256 g/mol. The highest BCUT2D eigenvalue weighted by Crippen LogP contribution is 2.36. The van der Waals surface area contributed by atoms with Gasteiger partial charge in [0.1, 0.15) is 5.75 Å². The predicted molar refractivity (Wildman–Crippen MR) is 62.5 cm³/mol. The maximum Gasteiger partial charge on any atom is 0.153 e. The first-order chi connectivity index (χ1) is 7.24. The average molecular weight is 269 g/mol. The minimum Gasteiger partial charge on any atom is -0.506 e. The number of aryl methyl sites for hydroxylation is 1. The van der Waals surface area contributed by atoms with E-state index < -0.39 is 0 Å². The van der Waals surface area contributed by atoms with Crippen LogP contribution in [0.3, 0.4) is 0 Å². The van der Waals surface area contributed by atoms with Crippen molar-refractivity contribution < 1.29 is 9.90 Å². The molecule has 15 heavy (non-hydrogen) atoms. The zero-order chi connectivity index (χ0) is 10.8. The molecule has 0 unspecified atom stereocenters. The van der Waals surface area contributed by atoms with E-state index in [1.54, 1.807) is 0 Å². The SMILES string of the molecule is O=Cc1cc2c(c(Br)c1O)CCCCC2. The summed E-state index contributed by atoms with van der Waals surface area (Å²) in [5.74, 6) is 0.0886. The zero-order valence-electron chi connectivity index (χ0n) is 8.42. The van der Waals surface area contributed by atoms with Gasteiger partial charge in [0.25, 0.3) is 0 Å². The van der Waals surface area contributed by atoms with E-state index in [1.165, 1.54) is 24.0 Å². The van der Waals surface area contributed by atoms with Crippen molar-refractivity contribution in [2.24, 2.45) is 0 Å². The first-order valence-corrected chi connectivity index (χ1v) is 6.01. The second-order valence-corrected chi connectivity index (χ2v) is 4.74. The van der Waals surface area contributed by atoms with Crippen LogP contribution >= 0.6 is 15.9 Å². The van der Waals surface area contributed by atoms with Gasteiger partial charge in [0.2, 0.25) is 0 Å². The van der Waals surface area contributed by atoms with Crippen LogP contribution in [0.5, 0.6) is 5.75 Å². The lowest BCUT2D eigenvalue weighted by Gasteiger charge is -2.11. The summed E-state index contributed by atoms with van der Waals surface area (Å²) in [7, 11) is 0. The number of carbonyl (C=O) groups excluding carboxylic acids is 1. The fraction of sp³-hybridized carbons (Fsp3) is 0.417. The van der Waals surface area contributed by atoms with Crippen LogP contribution in [-0.2, 0) is 12.8 Å². The summed E-state index contributed by atoms with van der Waals surface area (Å²) in [6, 6.07) is 1.83. The van der Waals surface area contributed by atoms with Crippen molar-refractivity contribution in [2.45, 2.75) is 32.1 Å². The summed E-state index contributed by atoms with van der Waals surface area (Å²) in [5, 5.41) is 9.77. The zero-order valence-corrected chi connectivity index (χ0v) is 10.0. The number of rotatable bonds is 1. The van der Waals surface area contributed by atoms with Crippen LogP contribution in [0.15, 0.2) is 10.5 Å². The molecule has 1 aliphatic rings. The Balaban J connectivity index is 2.58.